The van der Waals surface area contributed by atoms with Crippen molar-refractivity contribution in [2.45, 2.75) is 77.4 Å². The fraction of sp³-hybridized carbons (Fsp3) is 0.625. The van der Waals surface area contributed by atoms with Gasteiger partial charge in [0.25, 0.3) is 5.91 Å². The maximum atomic E-state index is 13.1. The lowest BCUT2D eigenvalue weighted by Gasteiger charge is -2.30. The number of aromatic nitrogens is 2. The van der Waals surface area contributed by atoms with Crippen molar-refractivity contribution in [2.75, 3.05) is 0 Å². The van der Waals surface area contributed by atoms with Gasteiger partial charge in [0.05, 0.1) is 23.7 Å². The lowest BCUT2D eigenvalue weighted by Crippen LogP contribution is -2.44. The van der Waals surface area contributed by atoms with Crippen LogP contribution in [0, 0.1) is 17.8 Å². The molecule has 2 aromatic rings. The first kappa shape index (κ1) is 20.9. The van der Waals surface area contributed by atoms with Crippen molar-refractivity contribution >= 4 is 22.8 Å². The predicted octanol–water partition coefficient (Wildman–Crippen LogP) is 4.61. The zero-order valence-electron chi connectivity index (χ0n) is 18.0. The van der Waals surface area contributed by atoms with Crippen LogP contribution in [-0.2, 0) is 9.53 Å². The summed E-state index contributed by atoms with van der Waals surface area (Å²) >= 11 is 0. The van der Waals surface area contributed by atoms with Gasteiger partial charge in [-0.1, -0.05) is 46.0 Å². The highest BCUT2D eigenvalue weighted by Gasteiger charge is 2.40. The van der Waals surface area contributed by atoms with Crippen LogP contribution in [0.2, 0.25) is 0 Å². The summed E-state index contributed by atoms with van der Waals surface area (Å²) in [6.07, 6.45) is 11.8. The topological polar surface area (TPSA) is 84.1 Å². The molecule has 0 aromatic carbocycles. The molecule has 2 N–H and O–H groups in total. The Hall–Kier alpha value is -2.37. The highest BCUT2D eigenvalue weighted by Crippen LogP contribution is 2.34. The quantitative estimate of drug-likeness (QED) is 0.652. The monoisotopic (exact) mass is 411 g/mol. The van der Waals surface area contributed by atoms with E-state index in [-0.39, 0.29) is 29.9 Å². The fourth-order valence-electron chi connectivity index (χ4n) is 5.10. The number of pyridine rings is 1. The van der Waals surface area contributed by atoms with E-state index in [2.05, 4.69) is 29.1 Å². The molecule has 30 heavy (non-hydrogen) atoms. The van der Waals surface area contributed by atoms with Crippen molar-refractivity contribution in [2.24, 2.45) is 17.8 Å². The molecule has 162 valence electrons. The maximum absolute atomic E-state index is 13.1. The number of rotatable bonds is 7. The van der Waals surface area contributed by atoms with Gasteiger partial charge in [-0.3, -0.25) is 14.6 Å². The predicted molar refractivity (Wildman–Crippen MR) is 116 cm³/mol. The van der Waals surface area contributed by atoms with Crippen LogP contribution in [0.5, 0.6) is 0 Å². The zero-order chi connectivity index (χ0) is 21.1. The van der Waals surface area contributed by atoms with Crippen molar-refractivity contribution in [1.82, 2.24) is 15.3 Å². The zero-order valence-corrected chi connectivity index (χ0v) is 18.0. The molecular weight excluding hydrogens is 378 g/mol. The van der Waals surface area contributed by atoms with Crippen LogP contribution in [0.3, 0.4) is 0 Å². The van der Waals surface area contributed by atoms with Crippen molar-refractivity contribution in [1.29, 1.82) is 0 Å². The van der Waals surface area contributed by atoms with Gasteiger partial charge in [-0.15, -0.1) is 0 Å². The molecule has 2 aliphatic rings. The summed E-state index contributed by atoms with van der Waals surface area (Å²) in [4.78, 5) is 32.8. The summed E-state index contributed by atoms with van der Waals surface area (Å²) in [6, 6.07) is 3.59. The van der Waals surface area contributed by atoms with Gasteiger partial charge in [0.1, 0.15) is 11.8 Å². The van der Waals surface area contributed by atoms with Gasteiger partial charge in [-0.2, -0.15) is 0 Å². The normalized spacial score (nSPS) is 23.6. The number of ether oxygens (including phenoxy) is 1. The van der Waals surface area contributed by atoms with Gasteiger partial charge in [-0.05, 0) is 43.2 Å². The number of nitrogens with zero attached hydrogens (tertiary/aromatic N) is 1. The number of amides is 1. The largest absolute Gasteiger partial charge is 0.460 e. The van der Waals surface area contributed by atoms with Crippen molar-refractivity contribution < 1.29 is 14.3 Å². The van der Waals surface area contributed by atoms with Crippen molar-refractivity contribution in [3.05, 3.63) is 30.2 Å². The molecule has 6 nitrogen and oxygen atoms in total. The third-order valence-electron chi connectivity index (χ3n) is 6.62. The molecule has 1 aliphatic carbocycles. The molecule has 1 amide bonds. The number of H-pyrrole nitrogens is 1. The summed E-state index contributed by atoms with van der Waals surface area (Å²) < 4.78 is 5.80. The van der Waals surface area contributed by atoms with Gasteiger partial charge in [-0.25, -0.2) is 0 Å². The molecule has 3 heterocycles. The summed E-state index contributed by atoms with van der Waals surface area (Å²) in [6.45, 7) is 4.26. The Morgan fingerprint density at radius 1 is 1.27 bits per heavy atom. The van der Waals surface area contributed by atoms with Gasteiger partial charge in [0, 0.05) is 11.6 Å². The van der Waals surface area contributed by atoms with E-state index in [1.165, 1.54) is 32.1 Å². The molecule has 2 fully saturated rings. The Morgan fingerprint density at radius 3 is 2.80 bits per heavy atom. The molecule has 2 unspecified atom stereocenters. The number of hydrogen-bond acceptors (Lipinski definition) is 4. The highest BCUT2D eigenvalue weighted by atomic mass is 16.6. The second-order valence-corrected chi connectivity index (χ2v) is 9.50. The third kappa shape index (κ3) is 4.85. The van der Waals surface area contributed by atoms with E-state index in [1.54, 1.807) is 12.4 Å². The molecule has 4 rings (SSSR count). The lowest BCUT2D eigenvalue weighted by atomic mass is 9.82. The van der Waals surface area contributed by atoms with Gasteiger partial charge in [0.2, 0.25) is 0 Å². The van der Waals surface area contributed by atoms with Crippen LogP contribution in [-0.4, -0.2) is 34.0 Å². The molecule has 2 aromatic heterocycles. The minimum atomic E-state index is -0.238. The smallest absolute Gasteiger partial charge is 0.309 e. The number of fused-ring (bicyclic) bond motifs is 1. The lowest BCUT2D eigenvalue weighted by molar-refractivity contribution is -0.145. The summed E-state index contributed by atoms with van der Waals surface area (Å²) in [5.74, 6) is 0.731. The molecule has 6 heteroatoms. The van der Waals surface area contributed by atoms with Crippen LogP contribution < -0.4 is 5.32 Å². The van der Waals surface area contributed by atoms with E-state index in [1.807, 2.05) is 12.1 Å². The molecule has 1 aliphatic heterocycles. The number of esters is 1. The fourth-order valence-corrected chi connectivity index (χ4v) is 5.10. The Bertz CT molecular complexity index is 852. The molecule has 0 bridgehead atoms. The molecular formula is C24H33N3O3. The summed E-state index contributed by atoms with van der Waals surface area (Å²) in [5, 5.41) is 4.17. The average Bonchev–Trinajstić information content (AvgIpc) is 3.32. The Balaban J connectivity index is 1.49. The van der Waals surface area contributed by atoms with Crippen molar-refractivity contribution in [3.63, 3.8) is 0 Å². The number of aromatic amines is 1. The number of carbonyl (C=O) groups excluding carboxylic acids is 2. The van der Waals surface area contributed by atoms with E-state index in [9.17, 15) is 9.59 Å². The first-order chi connectivity index (χ1) is 14.5. The van der Waals surface area contributed by atoms with Crippen LogP contribution in [0.1, 0.15) is 75.7 Å². The molecule has 0 radical (unpaired) electrons. The Kier molecular flexibility index (Phi) is 6.40. The van der Waals surface area contributed by atoms with E-state index < -0.39 is 0 Å². The molecule has 3 atom stereocenters. The molecule has 1 saturated carbocycles. The molecule has 1 saturated heterocycles. The summed E-state index contributed by atoms with van der Waals surface area (Å²) in [7, 11) is 0. The van der Waals surface area contributed by atoms with E-state index in [0.29, 0.717) is 24.0 Å². The standard InChI is InChI=1S/C24H33N3O3/c1-15(2)10-18-13-22(30-24(18)29)19(11-16-6-4-3-5-7-16)27-23(28)20-12-17-8-9-25-14-21(17)26-20/h8-9,12,14-16,18-19,22,26H,3-7,10-11,13H2,1-2H3,(H,27,28)/t18?,19-,22?/m0/s1. The van der Waals surface area contributed by atoms with Crippen LogP contribution in [0.15, 0.2) is 24.5 Å². The minimum absolute atomic E-state index is 0.0556. The number of cyclic esters (lactones) is 1. The van der Waals surface area contributed by atoms with Crippen LogP contribution in [0.4, 0.5) is 0 Å². The van der Waals surface area contributed by atoms with E-state index in [4.69, 9.17) is 4.74 Å². The van der Waals surface area contributed by atoms with Crippen LogP contribution >= 0.6 is 0 Å². The Morgan fingerprint density at radius 2 is 2.07 bits per heavy atom. The van der Waals surface area contributed by atoms with Gasteiger partial charge < -0.3 is 15.0 Å². The van der Waals surface area contributed by atoms with Crippen molar-refractivity contribution in [3.8, 4) is 0 Å². The average molecular weight is 412 g/mol. The number of hydrogen-bond donors (Lipinski definition) is 2. The minimum Gasteiger partial charge on any atom is -0.460 e. The third-order valence-corrected chi connectivity index (χ3v) is 6.62. The van der Waals surface area contributed by atoms with Gasteiger partial charge >= 0.3 is 5.97 Å². The summed E-state index contributed by atoms with van der Waals surface area (Å²) in [5.41, 5.74) is 1.37. The second-order valence-electron chi connectivity index (χ2n) is 9.50. The number of nitrogens with one attached hydrogen (secondary N) is 2. The maximum Gasteiger partial charge on any atom is 0.309 e. The molecule has 0 spiro atoms. The van der Waals surface area contributed by atoms with E-state index in [0.717, 1.165) is 23.7 Å². The highest BCUT2D eigenvalue weighted by molar-refractivity contribution is 5.98. The first-order valence-electron chi connectivity index (χ1n) is 11.4. The van der Waals surface area contributed by atoms with Crippen LogP contribution in [0.25, 0.3) is 10.9 Å². The SMILES string of the molecule is CC(C)CC1CC([C@H](CC2CCCCC2)NC(=O)c2cc3ccncc3[nH]2)OC1=O. The van der Waals surface area contributed by atoms with E-state index >= 15 is 0 Å². The Labute approximate surface area is 178 Å². The second kappa shape index (κ2) is 9.19. The number of carbonyl (C=O) groups is 2. The first-order valence-corrected chi connectivity index (χ1v) is 11.4. The van der Waals surface area contributed by atoms with Gasteiger partial charge in [0.15, 0.2) is 0 Å².